The summed E-state index contributed by atoms with van der Waals surface area (Å²) >= 11 is 0. The molecule has 1 rings (SSSR count). The molecule has 0 spiro atoms. The van der Waals surface area contributed by atoms with Crippen LogP contribution < -0.4 is 5.32 Å². The highest BCUT2D eigenvalue weighted by atomic mass is 19.1. The quantitative estimate of drug-likeness (QED) is 0.814. The van der Waals surface area contributed by atoms with Crippen molar-refractivity contribution in [3.05, 3.63) is 35.4 Å². The predicted molar refractivity (Wildman–Crippen MR) is 62.4 cm³/mol. The first-order valence-electron chi connectivity index (χ1n) is 5.72. The van der Waals surface area contributed by atoms with Crippen molar-refractivity contribution >= 4 is 0 Å². The largest absolute Gasteiger partial charge is 0.314 e. The zero-order chi connectivity index (χ0) is 12.1. The van der Waals surface area contributed by atoms with Gasteiger partial charge in [0.15, 0.2) is 0 Å². The minimum Gasteiger partial charge on any atom is -0.314 e. The van der Waals surface area contributed by atoms with Crippen molar-refractivity contribution < 1.29 is 8.78 Å². The summed E-state index contributed by atoms with van der Waals surface area (Å²) in [5, 5.41) is 3.26. The average molecular weight is 227 g/mol. The van der Waals surface area contributed by atoms with Gasteiger partial charge in [0.1, 0.15) is 11.6 Å². The third kappa shape index (κ3) is 3.27. The summed E-state index contributed by atoms with van der Waals surface area (Å²) in [4.78, 5) is 0. The van der Waals surface area contributed by atoms with Gasteiger partial charge in [-0.3, -0.25) is 0 Å². The molecule has 1 N–H and O–H groups in total. The summed E-state index contributed by atoms with van der Waals surface area (Å²) in [5.74, 6) is -0.697. The van der Waals surface area contributed by atoms with Crippen LogP contribution in [0, 0.1) is 17.6 Å². The smallest absolute Gasteiger partial charge is 0.129 e. The van der Waals surface area contributed by atoms with Crippen LogP contribution in [0.3, 0.4) is 0 Å². The van der Waals surface area contributed by atoms with E-state index in [0.717, 1.165) is 6.54 Å². The molecule has 0 radical (unpaired) electrons. The van der Waals surface area contributed by atoms with Crippen LogP contribution in [-0.4, -0.2) is 12.6 Å². The summed E-state index contributed by atoms with van der Waals surface area (Å²) in [7, 11) is 0. The van der Waals surface area contributed by atoms with Gasteiger partial charge in [0, 0.05) is 11.6 Å². The van der Waals surface area contributed by atoms with Crippen LogP contribution in [0.15, 0.2) is 18.2 Å². The van der Waals surface area contributed by atoms with E-state index in [9.17, 15) is 8.78 Å². The Labute approximate surface area is 95.9 Å². The molecule has 3 heteroatoms. The van der Waals surface area contributed by atoms with E-state index in [0.29, 0.717) is 6.42 Å². The molecule has 90 valence electrons. The molecular formula is C13H19F2N. The van der Waals surface area contributed by atoms with E-state index in [1.54, 1.807) is 0 Å². The van der Waals surface area contributed by atoms with Crippen molar-refractivity contribution in [2.45, 2.75) is 33.2 Å². The molecule has 0 saturated heterocycles. The van der Waals surface area contributed by atoms with Gasteiger partial charge in [-0.05, 0) is 37.9 Å². The summed E-state index contributed by atoms with van der Waals surface area (Å²) in [6, 6.07) is 4.27. The molecule has 0 aromatic heterocycles. The molecule has 0 aliphatic heterocycles. The van der Waals surface area contributed by atoms with E-state index < -0.39 is 11.6 Å². The third-order valence-electron chi connectivity index (χ3n) is 2.97. The number of rotatable bonds is 5. The summed E-state index contributed by atoms with van der Waals surface area (Å²) < 4.78 is 26.8. The summed E-state index contributed by atoms with van der Waals surface area (Å²) in [6.45, 7) is 6.92. The molecule has 0 bridgehead atoms. The van der Waals surface area contributed by atoms with Crippen molar-refractivity contribution in [1.29, 1.82) is 0 Å². The van der Waals surface area contributed by atoms with Crippen molar-refractivity contribution in [3.8, 4) is 0 Å². The average Bonchev–Trinajstić information content (AvgIpc) is 2.23. The topological polar surface area (TPSA) is 12.0 Å². The molecule has 0 heterocycles. The lowest BCUT2D eigenvalue weighted by atomic mass is 9.94. The van der Waals surface area contributed by atoms with Gasteiger partial charge in [0.25, 0.3) is 0 Å². The van der Waals surface area contributed by atoms with Crippen LogP contribution in [0.4, 0.5) is 8.78 Å². The zero-order valence-electron chi connectivity index (χ0n) is 10.1. The Balaban J connectivity index is 2.72. The minimum absolute atomic E-state index is 0.194. The lowest BCUT2D eigenvalue weighted by Crippen LogP contribution is -2.33. The van der Waals surface area contributed by atoms with Crippen molar-refractivity contribution in [3.63, 3.8) is 0 Å². The Kier molecular flexibility index (Phi) is 4.87. The Bertz CT molecular complexity index is 318. The van der Waals surface area contributed by atoms with Gasteiger partial charge in [0.05, 0.1) is 0 Å². The number of benzene rings is 1. The minimum atomic E-state index is -0.449. The molecular weight excluding hydrogens is 208 g/mol. The first kappa shape index (κ1) is 13.1. The number of hydrogen-bond acceptors (Lipinski definition) is 1. The molecule has 0 amide bonds. The molecule has 2 unspecified atom stereocenters. The maximum absolute atomic E-state index is 13.4. The standard InChI is InChI=1S/C13H19F2N/c1-4-16-10(3)9(2)8-11-12(14)6-5-7-13(11)15/h5-7,9-10,16H,4,8H2,1-3H3. The van der Waals surface area contributed by atoms with Gasteiger partial charge in [0.2, 0.25) is 0 Å². The maximum atomic E-state index is 13.4. The monoisotopic (exact) mass is 227 g/mol. The fraction of sp³-hybridized carbons (Fsp3) is 0.538. The predicted octanol–water partition coefficient (Wildman–Crippen LogP) is 3.14. The van der Waals surface area contributed by atoms with Gasteiger partial charge < -0.3 is 5.32 Å². The Hall–Kier alpha value is -0.960. The van der Waals surface area contributed by atoms with Crippen molar-refractivity contribution in [1.82, 2.24) is 5.32 Å². The van der Waals surface area contributed by atoms with E-state index in [2.05, 4.69) is 5.32 Å². The lowest BCUT2D eigenvalue weighted by Gasteiger charge is -2.21. The molecule has 1 nitrogen and oxygen atoms in total. The van der Waals surface area contributed by atoms with Crippen LogP contribution in [-0.2, 0) is 6.42 Å². The SMILES string of the molecule is CCNC(C)C(C)Cc1c(F)cccc1F. The Morgan fingerprint density at radius 1 is 1.19 bits per heavy atom. The van der Waals surface area contributed by atoms with Gasteiger partial charge in [-0.2, -0.15) is 0 Å². The van der Waals surface area contributed by atoms with E-state index in [4.69, 9.17) is 0 Å². The second-order valence-corrected chi connectivity index (χ2v) is 4.23. The fourth-order valence-corrected chi connectivity index (χ4v) is 1.75. The van der Waals surface area contributed by atoms with E-state index in [1.807, 2.05) is 20.8 Å². The van der Waals surface area contributed by atoms with Crippen LogP contribution in [0.25, 0.3) is 0 Å². The molecule has 0 fully saturated rings. The van der Waals surface area contributed by atoms with Crippen LogP contribution in [0.1, 0.15) is 26.3 Å². The normalized spacial score (nSPS) is 14.8. The van der Waals surface area contributed by atoms with Crippen molar-refractivity contribution in [2.75, 3.05) is 6.54 Å². The highest BCUT2D eigenvalue weighted by Gasteiger charge is 2.16. The van der Waals surface area contributed by atoms with Gasteiger partial charge in [-0.1, -0.05) is 19.9 Å². The second-order valence-electron chi connectivity index (χ2n) is 4.23. The Morgan fingerprint density at radius 3 is 2.25 bits per heavy atom. The lowest BCUT2D eigenvalue weighted by molar-refractivity contribution is 0.394. The number of nitrogens with one attached hydrogen (secondary N) is 1. The highest BCUT2D eigenvalue weighted by Crippen LogP contribution is 2.18. The van der Waals surface area contributed by atoms with Gasteiger partial charge >= 0.3 is 0 Å². The number of halogens is 2. The molecule has 16 heavy (non-hydrogen) atoms. The van der Waals surface area contributed by atoms with Crippen LogP contribution >= 0.6 is 0 Å². The highest BCUT2D eigenvalue weighted by molar-refractivity contribution is 5.20. The first-order chi connectivity index (χ1) is 7.56. The second kappa shape index (κ2) is 5.94. The molecule has 0 aliphatic rings. The number of hydrogen-bond donors (Lipinski definition) is 1. The summed E-state index contributed by atoms with van der Waals surface area (Å²) in [6.07, 6.45) is 0.423. The molecule has 1 aromatic rings. The van der Waals surface area contributed by atoms with E-state index in [1.165, 1.54) is 18.2 Å². The van der Waals surface area contributed by atoms with Gasteiger partial charge in [-0.25, -0.2) is 8.78 Å². The summed E-state index contributed by atoms with van der Waals surface area (Å²) in [5.41, 5.74) is 0.194. The van der Waals surface area contributed by atoms with Crippen LogP contribution in [0.5, 0.6) is 0 Å². The molecule has 2 atom stereocenters. The Morgan fingerprint density at radius 2 is 1.75 bits per heavy atom. The van der Waals surface area contributed by atoms with E-state index >= 15 is 0 Å². The fourth-order valence-electron chi connectivity index (χ4n) is 1.75. The first-order valence-corrected chi connectivity index (χ1v) is 5.72. The maximum Gasteiger partial charge on any atom is 0.129 e. The van der Waals surface area contributed by atoms with Crippen LogP contribution in [0.2, 0.25) is 0 Å². The molecule has 0 saturated carbocycles. The van der Waals surface area contributed by atoms with Gasteiger partial charge in [-0.15, -0.1) is 0 Å². The van der Waals surface area contributed by atoms with E-state index in [-0.39, 0.29) is 17.5 Å². The zero-order valence-corrected chi connectivity index (χ0v) is 10.1. The third-order valence-corrected chi connectivity index (χ3v) is 2.97. The molecule has 0 aliphatic carbocycles. The van der Waals surface area contributed by atoms with Crippen molar-refractivity contribution in [2.24, 2.45) is 5.92 Å². The molecule has 1 aromatic carbocycles.